The second-order valence-corrected chi connectivity index (χ2v) is 18.2. The molecule has 0 aromatic carbocycles. The fraction of sp³-hybridized carbons (Fsp3) is 0.462. The van der Waals surface area contributed by atoms with Crippen molar-refractivity contribution in [2.75, 3.05) is 14.2 Å². The number of alkyl halides is 6. The van der Waals surface area contributed by atoms with Crippen molar-refractivity contribution < 1.29 is 13.9 Å². The van der Waals surface area contributed by atoms with Crippen LogP contribution in [0.3, 0.4) is 0 Å². The Labute approximate surface area is 195 Å². The highest BCUT2D eigenvalue weighted by Crippen LogP contribution is 2.46. The Bertz CT molecular complexity index is 688. The molecule has 25 heavy (non-hydrogen) atoms. The highest BCUT2D eigenvalue weighted by atomic mass is 80.0. The molecular weight excluding hydrogens is 726 g/mol. The minimum atomic E-state index is -0.755. The topological polar surface area (TPSA) is 70.3 Å². The Morgan fingerprint density at radius 1 is 0.880 bits per heavy atom. The molecule has 0 spiro atoms. The number of hydrogen-bond donors (Lipinski definition) is 0. The van der Waals surface area contributed by atoms with Crippen molar-refractivity contribution >= 4 is 95.6 Å². The quantitative estimate of drug-likeness (QED) is 0.359. The number of ether oxygens (including phenoxy) is 2. The Kier molecular flexibility index (Phi) is 7.81. The summed E-state index contributed by atoms with van der Waals surface area (Å²) in [6, 6.07) is 1.79. The van der Waals surface area contributed by atoms with Crippen LogP contribution in [-0.2, 0) is 17.1 Å². The van der Waals surface area contributed by atoms with Crippen LogP contribution in [0.5, 0.6) is 11.7 Å². The summed E-state index contributed by atoms with van der Waals surface area (Å²) >= 11 is 20.6. The first kappa shape index (κ1) is 22.1. The van der Waals surface area contributed by atoms with Gasteiger partial charge in [-0.15, -0.1) is 0 Å². The molecule has 0 aliphatic rings. The number of furan rings is 1. The molecule has 0 amide bonds. The zero-order chi connectivity index (χ0) is 18.8. The average Bonchev–Trinajstić information content (AvgIpc) is 2.93. The van der Waals surface area contributed by atoms with Crippen LogP contribution >= 0.6 is 95.6 Å². The molecule has 6 nitrogen and oxygen atoms in total. The van der Waals surface area contributed by atoms with Crippen molar-refractivity contribution in [3.63, 3.8) is 0 Å². The molecule has 2 rings (SSSR count). The van der Waals surface area contributed by atoms with Crippen LogP contribution < -0.4 is 9.47 Å². The third-order valence-electron chi connectivity index (χ3n) is 2.91. The molecule has 0 bridgehead atoms. The maximum absolute atomic E-state index is 5.60. The summed E-state index contributed by atoms with van der Waals surface area (Å²) < 4.78 is 14.4. The lowest BCUT2D eigenvalue weighted by Gasteiger charge is -2.16. The van der Waals surface area contributed by atoms with Crippen molar-refractivity contribution in [2.45, 2.75) is 17.1 Å². The monoisotopic (exact) mass is 731 g/mol. The van der Waals surface area contributed by atoms with Crippen molar-refractivity contribution in [3.05, 3.63) is 29.3 Å². The average molecular weight is 737 g/mol. The normalized spacial score (nSPS) is 12.3. The lowest BCUT2D eigenvalue weighted by Crippen LogP contribution is -2.17. The van der Waals surface area contributed by atoms with E-state index in [2.05, 4.69) is 111 Å². The fourth-order valence-electron chi connectivity index (χ4n) is 1.83. The summed E-state index contributed by atoms with van der Waals surface area (Å²) in [6.07, 6.45) is 1.11. The minimum Gasteiger partial charge on any atom is -0.490 e. The predicted molar refractivity (Wildman–Crippen MR) is 116 cm³/mol. The molecule has 0 aliphatic heterocycles. The van der Waals surface area contributed by atoms with Gasteiger partial charge in [-0.2, -0.15) is 0 Å². The number of rotatable bonds is 5. The zero-order valence-electron chi connectivity index (χ0n) is 12.8. The summed E-state index contributed by atoms with van der Waals surface area (Å²) in [5, 5.41) is 0. The molecule has 2 aromatic heterocycles. The van der Waals surface area contributed by atoms with E-state index in [1.54, 1.807) is 13.2 Å². The van der Waals surface area contributed by atoms with E-state index >= 15 is 0 Å². The van der Waals surface area contributed by atoms with E-state index in [4.69, 9.17) is 13.9 Å². The van der Waals surface area contributed by atoms with Crippen molar-refractivity contribution in [2.24, 2.45) is 0 Å². The first-order valence-corrected chi connectivity index (χ1v) is 11.4. The van der Waals surface area contributed by atoms with Gasteiger partial charge in [0.05, 0.1) is 14.2 Å². The Morgan fingerprint density at radius 3 is 1.84 bits per heavy atom. The Balaban J connectivity index is 2.28. The SMILES string of the molecule is COc1cc(CCc2nc(C(Br)(Br)Br)nc(C(Br)(Br)Br)n2)oc1OC. The van der Waals surface area contributed by atoms with E-state index < -0.39 is 4.29 Å². The van der Waals surface area contributed by atoms with Crippen molar-refractivity contribution in [3.8, 4) is 11.7 Å². The second kappa shape index (κ2) is 8.85. The predicted octanol–water partition coefficient (Wildman–Crippen LogP) is 5.86. The molecule has 0 radical (unpaired) electrons. The van der Waals surface area contributed by atoms with Gasteiger partial charge in [0.15, 0.2) is 15.9 Å². The van der Waals surface area contributed by atoms with E-state index in [1.165, 1.54) is 7.11 Å². The Morgan fingerprint density at radius 2 is 1.44 bits per heavy atom. The molecule has 138 valence electrons. The molecular formula is C13H11Br6N3O3. The van der Waals surface area contributed by atoms with E-state index in [0.717, 1.165) is 0 Å². The standard InChI is InChI=1S/C13H11Br6N3O3/c1-23-7-5-6(25-9(7)24-2)3-4-8-20-10(12(14,15)16)22-11(21-8)13(17,18)19/h5H,3-4H2,1-2H3. The van der Waals surface area contributed by atoms with Gasteiger partial charge in [0, 0.05) is 18.9 Å². The van der Waals surface area contributed by atoms with Gasteiger partial charge in [0.2, 0.25) is 5.75 Å². The first-order chi connectivity index (χ1) is 11.5. The smallest absolute Gasteiger partial charge is 0.328 e. The van der Waals surface area contributed by atoms with E-state index in [0.29, 0.717) is 47.8 Å². The molecule has 0 N–H and O–H groups in total. The van der Waals surface area contributed by atoms with E-state index in [9.17, 15) is 0 Å². The molecule has 2 aromatic rings. The first-order valence-electron chi connectivity index (χ1n) is 6.64. The molecule has 0 saturated carbocycles. The van der Waals surface area contributed by atoms with Gasteiger partial charge in [0.25, 0.3) is 0 Å². The summed E-state index contributed by atoms with van der Waals surface area (Å²) in [4.78, 5) is 13.4. The maximum atomic E-state index is 5.60. The summed E-state index contributed by atoms with van der Waals surface area (Å²) in [5.41, 5.74) is 0. The number of aryl methyl sites for hydroxylation is 2. The fourth-order valence-corrected chi connectivity index (χ4v) is 2.90. The van der Waals surface area contributed by atoms with Gasteiger partial charge >= 0.3 is 5.95 Å². The van der Waals surface area contributed by atoms with E-state index in [1.807, 2.05) is 0 Å². The number of methoxy groups -OCH3 is 2. The summed E-state index contributed by atoms with van der Waals surface area (Å²) in [5.74, 6) is 3.16. The van der Waals surface area contributed by atoms with Crippen LogP contribution in [-0.4, -0.2) is 29.2 Å². The Hall–Kier alpha value is 0.770. The van der Waals surface area contributed by atoms with Gasteiger partial charge in [-0.25, -0.2) is 15.0 Å². The summed E-state index contributed by atoms with van der Waals surface area (Å²) in [6.45, 7) is 0. The van der Waals surface area contributed by atoms with Gasteiger partial charge < -0.3 is 13.9 Å². The van der Waals surface area contributed by atoms with Crippen LogP contribution in [0.25, 0.3) is 0 Å². The molecule has 0 atom stereocenters. The molecule has 12 heteroatoms. The van der Waals surface area contributed by atoms with Crippen LogP contribution in [0.4, 0.5) is 0 Å². The van der Waals surface area contributed by atoms with Crippen LogP contribution in [0.2, 0.25) is 0 Å². The largest absolute Gasteiger partial charge is 0.490 e. The number of aromatic nitrogens is 3. The van der Waals surface area contributed by atoms with Gasteiger partial charge in [-0.1, -0.05) is 95.6 Å². The lowest BCUT2D eigenvalue weighted by molar-refractivity contribution is 0.272. The van der Waals surface area contributed by atoms with Gasteiger partial charge in [-0.05, 0) is 0 Å². The maximum Gasteiger partial charge on any atom is 0.328 e. The van der Waals surface area contributed by atoms with Crippen LogP contribution in [0.15, 0.2) is 10.5 Å². The van der Waals surface area contributed by atoms with Crippen LogP contribution in [0.1, 0.15) is 23.2 Å². The van der Waals surface area contributed by atoms with Crippen molar-refractivity contribution in [1.29, 1.82) is 0 Å². The lowest BCUT2D eigenvalue weighted by atomic mass is 10.2. The van der Waals surface area contributed by atoms with Gasteiger partial charge in [-0.3, -0.25) is 0 Å². The number of halogens is 6. The zero-order valence-corrected chi connectivity index (χ0v) is 22.3. The minimum absolute atomic E-state index is 0.343. The molecule has 0 fully saturated rings. The molecule has 0 aliphatic carbocycles. The molecule has 0 unspecified atom stereocenters. The second-order valence-electron chi connectivity index (χ2n) is 4.67. The van der Waals surface area contributed by atoms with Crippen molar-refractivity contribution in [1.82, 2.24) is 15.0 Å². The van der Waals surface area contributed by atoms with Gasteiger partial charge in [0.1, 0.15) is 11.6 Å². The summed E-state index contributed by atoms with van der Waals surface area (Å²) in [7, 11) is 3.09. The molecule has 0 saturated heterocycles. The number of nitrogens with zero attached hydrogens (tertiary/aromatic N) is 3. The third kappa shape index (κ3) is 6.13. The highest BCUT2D eigenvalue weighted by molar-refractivity contribution is 9.39. The van der Waals surface area contributed by atoms with E-state index in [-0.39, 0.29) is 0 Å². The highest BCUT2D eigenvalue weighted by Gasteiger charge is 2.31. The molecule has 2 heterocycles. The third-order valence-corrected chi connectivity index (χ3v) is 5.03. The van der Waals surface area contributed by atoms with Crippen LogP contribution in [0, 0.1) is 0 Å². The number of hydrogen-bond acceptors (Lipinski definition) is 6.